The number of benzene rings is 2. The van der Waals surface area contributed by atoms with E-state index in [0.717, 1.165) is 16.7 Å². The average Bonchev–Trinajstić information content (AvgIpc) is 2.77. The highest BCUT2D eigenvalue weighted by molar-refractivity contribution is 6.12. The Balaban J connectivity index is 2.23. The summed E-state index contributed by atoms with van der Waals surface area (Å²) in [5, 5.41) is 3.58. The van der Waals surface area contributed by atoms with E-state index in [1.54, 1.807) is 7.11 Å². The van der Waals surface area contributed by atoms with Crippen LogP contribution in [0.4, 0.5) is 0 Å². The zero-order valence-electron chi connectivity index (χ0n) is 11.4. The van der Waals surface area contributed by atoms with Gasteiger partial charge in [-0.1, -0.05) is 6.07 Å². The smallest absolute Gasteiger partial charge is 0.119 e. The fourth-order valence-electron chi connectivity index (χ4n) is 2.88. The molecule has 0 atom stereocenters. The van der Waals surface area contributed by atoms with Gasteiger partial charge in [0.25, 0.3) is 0 Å². The van der Waals surface area contributed by atoms with Gasteiger partial charge >= 0.3 is 0 Å². The summed E-state index contributed by atoms with van der Waals surface area (Å²) in [6.45, 7) is 0. The number of methoxy groups -OCH3 is 1. The van der Waals surface area contributed by atoms with Crippen molar-refractivity contribution in [3.63, 3.8) is 0 Å². The van der Waals surface area contributed by atoms with Gasteiger partial charge in [-0.15, -0.1) is 0 Å². The lowest BCUT2D eigenvalue weighted by Gasteiger charge is -2.00. The molecule has 3 heteroatoms. The van der Waals surface area contributed by atoms with E-state index >= 15 is 0 Å². The first-order chi connectivity index (χ1) is 9.78. The highest BCUT2D eigenvalue weighted by Crippen LogP contribution is 2.33. The number of hydrogen-bond donors (Lipinski definition) is 0. The molecule has 0 aliphatic rings. The molecule has 4 rings (SSSR count). The fraction of sp³-hybridized carbons (Fsp3) is 0.118. The third-order valence-electron chi connectivity index (χ3n) is 3.94. The van der Waals surface area contributed by atoms with Crippen LogP contribution in [0.15, 0.2) is 48.7 Å². The summed E-state index contributed by atoms with van der Waals surface area (Å²) >= 11 is 0. The average molecular weight is 262 g/mol. The van der Waals surface area contributed by atoms with E-state index in [1.807, 2.05) is 18.3 Å². The van der Waals surface area contributed by atoms with Gasteiger partial charge < -0.3 is 9.30 Å². The molecule has 0 aliphatic carbocycles. The van der Waals surface area contributed by atoms with Gasteiger partial charge in [0.05, 0.1) is 12.6 Å². The minimum Gasteiger partial charge on any atom is -0.497 e. The second-order valence-corrected chi connectivity index (χ2v) is 5.01. The predicted octanol–water partition coefficient (Wildman–Crippen LogP) is 3.89. The van der Waals surface area contributed by atoms with E-state index in [1.165, 1.54) is 21.8 Å². The van der Waals surface area contributed by atoms with E-state index in [2.05, 4.69) is 46.9 Å². The molecule has 20 heavy (non-hydrogen) atoms. The summed E-state index contributed by atoms with van der Waals surface area (Å²) in [5.74, 6) is 0.881. The van der Waals surface area contributed by atoms with Crippen LogP contribution in [0.25, 0.3) is 32.7 Å². The Labute approximate surface area is 116 Å². The van der Waals surface area contributed by atoms with E-state index in [0.29, 0.717) is 0 Å². The lowest BCUT2D eigenvalue weighted by Crippen LogP contribution is -1.87. The van der Waals surface area contributed by atoms with Crippen LogP contribution in [0, 0.1) is 0 Å². The SMILES string of the molecule is COc1ccc2c(c1)c1cc3ncccc3cc1n2C. The highest BCUT2D eigenvalue weighted by Gasteiger charge is 2.10. The van der Waals surface area contributed by atoms with Crippen molar-refractivity contribution < 1.29 is 4.74 Å². The second kappa shape index (κ2) is 3.97. The predicted molar refractivity (Wildman–Crippen MR) is 82.3 cm³/mol. The molecule has 0 saturated carbocycles. The summed E-state index contributed by atoms with van der Waals surface area (Å²) in [7, 11) is 3.79. The van der Waals surface area contributed by atoms with Crippen molar-refractivity contribution in [3.8, 4) is 5.75 Å². The number of fused-ring (bicyclic) bond motifs is 4. The molecule has 0 radical (unpaired) electrons. The van der Waals surface area contributed by atoms with E-state index in [9.17, 15) is 0 Å². The number of aromatic nitrogens is 2. The molecule has 0 fully saturated rings. The fourth-order valence-corrected chi connectivity index (χ4v) is 2.88. The van der Waals surface area contributed by atoms with Crippen molar-refractivity contribution in [1.29, 1.82) is 0 Å². The number of rotatable bonds is 1. The zero-order valence-corrected chi connectivity index (χ0v) is 11.4. The molecule has 0 N–H and O–H groups in total. The first kappa shape index (κ1) is 11.3. The van der Waals surface area contributed by atoms with Crippen molar-refractivity contribution in [1.82, 2.24) is 9.55 Å². The quantitative estimate of drug-likeness (QED) is 0.520. The van der Waals surface area contributed by atoms with Crippen LogP contribution < -0.4 is 4.74 Å². The van der Waals surface area contributed by atoms with Crippen molar-refractivity contribution in [2.45, 2.75) is 0 Å². The minimum absolute atomic E-state index is 0.881. The van der Waals surface area contributed by atoms with Crippen molar-refractivity contribution in [2.24, 2.45) is 7.05 Å². The van der Waals surface area contributed by atoms with Crippen LogP contribution >= 0.6 is 0 Å². The van der Waals surface area contributed by atoms with E-state index < -0.39 is 0 Å². The standard InChI is InChI=1S/C17H14N2O/c1-19-16-6-5-12(20-2)9-13(16)14-10-15-11(8-17(14)19)4-3-7-18-15/h3-10H,1-2H3. The Morgan fingerprint density at radius 2 is 1.85 bits per heavy atom. The Bertz CT molecular complexity index is 953. The first-order valence-electron chi connectivity index (χ1n) is 6.59. The number of pyridine rings is 1. The number of aryl methyl sites for hydroxylation is 1. The molecule has 3 nitrogen and oxygen atoms in total. The molecular formula is C17H14N2O. The third-order valence-corrected chi connectivity index (χ3v) is 3.94. The molecule has 0 unspecified atom stereocenters. The molecule has 98 valence electrons. The topological polar surface area (TPSA) is 27.1 Å². The Morgan fingerprint density at radius 1 is 1.00 bits per heavy atom. The number of ether oxygens (including phenoxy) is 1. The summed E-state index contributed by atoms with van der Waals surface area (Å²) in [4.78, 5) is 4.45. The molecular weight excluding hydrogens is 248 g/mol. The molecule has 0 aliphatic heterocycles. The van der Waals surface area contributed by atoms with Gasteiger partial charge in [0, 0.05) is 40.4 Å². The number of hydrogen-bond acceptors (Lipinski definition) is 2. The van der Waals surface area contributed by atoms with Gasteiger partial charge in [0.1, 0.15) is 5.75 Å². The van der Waals surface area contributed by atoms with Gasteiger partial charge in [-0.2, -0.15) is 0 Å². The van der Waals surface area contributed by atoms with Gasteiger partial charge in [-0.05, 0) is 36.4 Å². The first-order valence-corrected chi connectivity index (χ1v) is 6.59. The van der Waals surface area contributed by atoms with Crippen molar-refractivity contribution in [3.05, 3.63) is 48.7 Å². The van der Waals surface area contributed by atoms with Crippen LogP contribution in [-0.4, -0.2) is 16.7 Å². The highest BCUT2D eigenvalue weighted by atomic mass is 16.5. The zero-order chi connectivity index (χ0) is 13.7. The molecule has 0 amide bonds. The van der Waals surface area contributed by atoms with Crippen molar-refractivity contribution in [2.75, 3.05) is 7.11 Å². The maximum absolute atomic E-state index is 5.34. The van der Waals surface area contributed by atoms with Crippen LogP contribution in [-0.2, 0) is 7.05 Å². The lowest BCUT2D eigenvalue weighted by molar-refractivity contribution is 0.415. The molecule has 2 heterocycles. The van der Waals surface area contributed by atoms with E-state index in [4.69, 9.17) is 4.74 Å². The second-order valence-electron chi connectivity index (χ2n) is 5.01. The largest absolute Gasteiger partial charge is 0.497 e. The minimum atomic E-state index is 0.881. The van der Waals surface area contributed by atoms with Gasteiger partial charge in [0.2, 0.25) is 0 Å². The summed E-state index contributed by atoms with van der Waals surface area (Å²) in [5.41, 5.74) is 3.44. The summed E-state index contributed by atoms with van der Waals surface area (Å²) in [6.07, 6.45) is 1.83. The molecule has 0 saturated heterocycles. The van der Waals surface area contributed by atoms with Gasteiger partial charge in [0.15, 0.2) is 0 Å². The van der Waals surface area contributed by atoms with Crippen molar-refractivity contribution >= 4 is 32.7 Å². The van der Waals surface area contributed by atoms with Crippen LogP contribution in [0.2, 0.25) is 0 Å². The van der Waals surface area contributed by atoms with Crippen LogP contribution in [0.1, 0.15) is 0 Å². The monoisotopic (exact) mass is 262 g/mol. The van der Waals surface area contributed by atoms with E-state index in [-0.39, 0.29) is 0 Å². The Kier molecular flexibility index (Phi) is 2.24. The van der Waals surface area contributed by atoms with Gasteiger partial charge in [-0.3, -0.25) is 4.98 Å². The van der Waals surface area contributed by atoms with Gasteiger partial charge in [-0.25, -0.2) is 0 Å². The molecule has 2 aromatic heterocycles. The van der Waals surface area contributed by atoms with Crippen LogP contribution in [0.5, 0.6) is 5.75 Å². The summed E-state index contributed by atoms with van der Waals surface area (Å²) < 4.78 is 7.56. The molecule has 2 aromatic carbocycles. The number of nitrogens with zero attached hydrogens (tertiary/aromatic N) is 2. The normalized spacial score (nSPS) is 11.5. The summed E-state index contributed by atoms with van der Waals surface area (Å²) in [6, 6.07) is 14.6. The Morgan fingerprint density at radius 3 is 2.70 bits per heavy atom. The lowest BCUT2D eigenvalue weighted by atomic mass is 10.1. The maximum atomic E-state index is 5.34. The van der Waals surface area contributed by atoms with Crippen LogP contribution in [0.3, 0.4) is 0 Å². The maximum Gasteiger partial charge on any atom is 0.119 e. The molecule has 0 spiro atoms. The third kappa shape index (κ3) is 1.43. The molecule has 0 bridgehead atoms. The molecule has 4 aromatic rings. The Hall–Kier alpha value is -2.55.